The summed E-state index contributed by atoms with van der Waals surface area (Å²) < 4.78 is 28.8. The molecule has 164 valence electrons. The lowest BCUT2D eigenvalue weighted by molar-refractivity contribution is -0.252. The molecule has 1 N–H and O–H groups in total. The third-order valence-electron chi connectivity index (χ3n) is 5.90. The molecule has 0 amide bonds. The van der Waals surface area contributed by atoms with Crippen LogP contribution in [-0.4, -0.2) is 63.4 Å². The summed E-state index contributed by atoms with van der Waals surface area (Å²) in [5.41, 5.74) is 0.871. The molecular formula is C22H40O6. The molecule has 2 saturated heterocycles. The number of methoxy groups -OCH3 is 2. The molecule has 0 bridgehead atoms. The van der Waals surface area contributed by atoms with Crippen LogP contribution < -0.4 is 0 Å². The van der Waals surface area contributed by atoms with Crippen LogP contribution in [0.2, 0.25) is 0 Å². The van der Waals surface area contributed by atoms with E-state index in [0.29, 0.717) is 12.5 Å². The van der Waals surface area contributed by atoms with Crippen molar-refractivity contribution < 1.29 is 28.8 Å². The Morgan fingerprint density at radius 1 is 1.21 bits per heavy atom. The van der Waals surface area contributed by atoms with E-state index in [1.54, 1.807) is 14.2 Å². The molecule has 0 saturated carbocycles. The molecule has 0 radical (unpaired) electrons. The van der Waals surface area contributed by atoms with Crippen LogP contribution in [0.4, 0.5) is 0 Å². The molecule has 2 fully saturated rings. The van der Waals surface area contributed by atoms with Gasteiger partial charge in [0.05, 0.1) is 12.7 Å². The van der Waals surface area contributed by atoms with Crippen molar-refractivity contribution in [3.05, 3.63) is 11.6 Å². The van der Waals surface area contributed by atoms with Gasteiger partial charge in [0, 0.05) is 26.7 Å². The molecule has 2 heterocycles. The Hall–Kier alpha value is -0.500. The summed E-state index contributed by atoms with van der Waals surface area (Å²) in [6.07, 6.45) is 4.51. The molecule has 0 aromatic rings. The van der Waals surface area contributed by atoms with E-state index in [9.17, 15) is 5.11 Å². The summed E-state index contributed by atoms with van der Waals surface area (Å²) in [6.45, 7) is 9.65. The summed E-state index contributed by atoms with van der Waals surface area (Å²) in [7, 11) is 3.29. The van der Waals surface area contributed by atoms with Crippen molar-refractivity contribution in [1.82, 2.24) is 0 Å². The zero-order chi connectivity index (χ0) is 20.7. The molecule has 8 atom stereocenters. The first-order valence-electron chi connectivity index (χ1n) is 10.7. The second kappa shape index (κ2) is 11.6. The maximum Gasteiger partial charge on any atom is 0.160 e. The van der Waals surface area contributed by atoms with E-state index in [2.05, 4.69) is 26.8 Å². The molecule has 1 unspecified atom stereocenters. The molecule has 6 heteroatoms. The highest BCUT2D eigenvalue weighted by Crippen LogP contribution is 2.34. The number of hydrogen-bond donors (Lipinski definition) is 1. The Balaban J connectivity index is 1.94. The lowest BCUT2D eigenvalue weighted by Gasteiger charge is -2.42. The smallest absolute Gasteiger partial charge is 0.160 e. The molecule has 28 heavy (non-hydrogen) atoms. The highest BCUT2D eigenvalue weighted by molar-refractivity contribution is 5.10. The largest absolute Gasteiger partial charge is 0.386 e. The fraction of sp³-hybridized carbons (Fsp3) is 0.909. The Labute approximate surface area is 170 Å². The van der Waals surface area contributed by atoms with E-state index >= 15 is 0 Å². The fourth-order valence-corrected chi connectivity index (χ4v) is 4.34. The Bertz CT molecular complexity index is 476. The van der Waals surface area contributed by atoms with Gasteiger partial charge in [-0.15, -0.1) is 0 Å². The van der Waals surface area contributed by atoms with Gasteiger partial charge in [-0.3, -0.25) is 0 Å². The predicted molar refractivity (Wildman–Crippen MR) is 108 cm³/mol. The Morgan fingerprint density at radius 3 is 2.57 bits per heavy atom. The number of ether oxygens (including phenoxy) is 5. The Kier molecular flexibility index (Phi) is 9.87. The highest BCUT2D eigenvalue weighted by atomic mass is 16.7. The first-order chi connectivity index (χ1) is 13.4. The predicted octanol–water partition coefficient (Wildman–Crippen LogP) is 3.52. The fourth-order valence-electron chi connectivity index (χ4n) is 4.34. The SMILES string of the molecule is CO[C@@H]1O[C@@H]([C@H](OC)[C@@H](O)/C(C)=C/[C@@H](C)COC2CCCCO2)[C@H](C)C[C@@H]1C. The van der Waals surface area contributed by atoms with Crippen molar-refractivity contribution in [3.63, 3.8) is 0 Å². The average molecular weight is 401 g/mol. The molecule has 0 aliphatic carbocycles. The van der Waals surface area contributed by atoms with Crippen molar-refractivity contribution in [2.24, 2.45) is 17.8 Å². The molecule has 2 rings (SSSR count). The zero-order valence-electron chi connectivity index (χ0n) is 18.4. The summed E-state index contributed by atoms with van der Waals surface area (Å²) in [4.78, 5) is 0. The third-order valence-corrected chi connectivity index (χ3v) is 5.90. The Morgan fingerprint density at radius 2 is 1.96 bits per heavy atom. The quantitative estimate of drug-likeness (QED) is 0.598. The van der Waals surface area contributed by atoms with Gasteiger partial charge in [-0.05, 0) is 50.0 Å². The number of rotatable bonds is 9. The van der Waals surface area contributed by atoms with Crippen molar-refractivity contribution in [3.8, 4) is 0 Å². The van der Waals surface area contributed by atoms with Crippen LogP contribution in [0.25, 0.3) is 0 Å². The van der Waals surface area contributed by atoms with Gasteiger partial charge in [-0.1, -0.05) is 26.8 Å². The van der Waals surface area contributed by atoms with Crippen LogP contribution in [0.15, 0.2) is 11.6 Å². The van der Waals surface area contributed by atoms with E-state index in [4.69, 9.17) is 23.7 Å². The molecule has 0 aromatic heterocycles. The van der Waals surface area contributed by atoms with Crippen LogP contribution in [0.3, 0.4) is 0 Å². The minimum Gasteiger partial charge on any atom is -0.386 e. The minimum absolute atomic E-state index is 0.0917. The van der Waals surface area contributed by atoms with Crippen molar-refractivity contribution >= 4 is 0 Å². The number of hydrogen-bond acceptors (Lipinski definition) is 6. The van der Waals surface area contributed by atoms with Gasteiger partial charge in [-0.25, -0.2) is 0 Å². The second-order valence-corrected chi connectivity index (χ2v) is 8.56. The van der Waals surface area contributed by atoms with Crippen molar-refractivity contribution in [2.75, 3.05) is 27.4 Å². The minimum atomic E-state index is -0.739. The summed E-state index contributed by atoms with van der Waals surface area (Å²) in [5, 5.41) is 11.0. The standard InChI is InChI=1S/C22H40O6/c1-14(13-27-18-9-7-8-10-26-18)11-15(2)19(23)21(24-5)20-16(3)12-17(4)22(25-6)28-20/h11,14,16-23H,7-10,12-13H2,1-6H3/b15-11+/t14-,16-,17+,18?,19+,20-,21-,22-/m1/s1. The van der Waals surface area contributed by atoms with Crippen molar-refractivity contribution in [2.45, 2.75) is 84.3 Å². The maximum absolute atomic E-state index is 11.0. The number of aliphatic hydroxyl groups excluding tert-OH is 1. The first kappa shape index (κ1) is 23.8. The molecular weight excluding hydrogens is 360 g/mol. The van der Waals surface area contributed by atoms with E-state index < -0.39 is 12.2 Å². The zero-order valence-corrected chi connectivity index (χ0v) is 18.4. The average Bonchev–Trinajstić information content (AvgIpc) is 2.69. The lowest BCUT2D eigenvalue weighted by Crippen LogP contribution is -2.51. The van der Waals surface area contributed by atoms with Gasteiger partial charge in [0.2, 0.25) is 0 Å². The lowest BCUT2D eigenvalue weighted by atomic mass is 9.84. The second-order valence-electron chi connectivity index (χ2n) is 8.56. The van der Waals surface area contributed by atoms with Crippen LogP contribution in [0.1, 0.15) is 53.4 Å². The maximum atomic E-state index is 11.0. The molecule has 2 aliphatic rings. The number of aliphatic hydroxyl groups is 1. The summed E-state index contributed by atoms with van der Waals surface area (Å²) in [6, 6.07) is 0. The van der Waals surface area contributed by atoms with Gasteiger partial charge >= 0.3 is 0 Å². The summed E-state index contributed by atoms with van der Waals surface area (Å²) in [5.74, 6) is 0.772. The topological polar surface area (TPSA) is 66.4 Å². The highest BCUT2D eigenvalue weighted by Gasteiger charge is 2.41. The third kappa shape index (κ3) is 6.51. The molecule has 0 spiro atoms. The van der Waals surface area contributed by atoms with Gasteiger partial charge in [-0.2, -0.15) is 0 Å². The van der Waals surface area contributed by atoms with Crippen LogP contribution in [-0.2, 0) is 23.7 Å². The van der Waals surface area contributed by atoms with E-state index in [1.165, 1.54) is 0 Å². The van der Waals surface area contributed by atoms with Crippen molar-refractivity contribution in [1.29, 1.82) is 0 Å². The molecule has 6 nitrogen and oxygen atoms in total. The van der Waals surface area contributed by atoms with E-state index in [0.717, 1.165) is 37.9 Å². The molecule has 0 aromatic carbocycles. The van der Waals surface area contributed by atoms with Gasteiger partial charge in [0.25, 0.3) is 0 Å². The van der Waals surface area contributed by atoms with Gasteiger partial charge in [0.1, 0.15) is 12.2 Å². The monoisotopic (exact) mass is 400 g/mol. The van der Waals surface area contributed by atoms with Crippen LogP contribution >= 0.6 is 0 Å². The van der Waals surface area contributed by atoms with E-state index in [-0.39, 0.29) is 30.5 Å². The normalized spacial score (nSPS) is 35.4. The van der Waals surface area contributed by atoms with Gasteiger partial charge < -0.3 is 28.8 Å². The first-order valence-corrected chi connectivity index (χ1v) is 10.7. The van der Waals surface area contributed by atoms with Gasteiger partial charge in [0.15, 0.2) is 12.6 Å². The van der Waals surface area contributed by atoms with E-state index in [1.807, 2.05) is 6.92 Å². The molecule has 2 aliphatic heterocycles. The summed E-state index contributed by atoms with van der Waals surface area (Å²) >= 11 is 0. The van der Waals surface area contributed by atoms with Crippen LogP contribution in [0.5, 0.6) is 0 Å². The van der Waals surface area contributed by atoms with Crippen LogP contribution in [0, 0.1) is 17.8 Å².